The molecule has 2 N–H and O–H groups in total. The van der Waals surface area contributed by atoms with Crippen LogP contribution in [-0.2, 0) is 10.0 Å². The molecule has 0 radical (unpaired) electrons. The summed E-state index contributed by atoms with van der Waals surface area (Å²) in [5.74, 6) is 0.307. The molecule has 5 nitrogen and oxygen atoms in total. The zero-order valence-corrected chi connectivity index (χ0v) is 9.21. The number of rotatable bonds is 5. The maximum Gasteiger partial charge on any atom is 0.230 e. The van der Waals surface area contributed by atoms with Gasteiger partial charge in [-0.1, -0.05) is 6.08 Å². The van der Waals surface area contributed by atoms with E-state index in [0.717, 1.165) is 11.9 Å². The van der Waals surface area contributed by atoms with Crippen LogP contribution in [0.2, 0.25) is 0 Å². The molecule has 0 atom stereocenters. The standard InChI is InChI=1S/C9H13N3O2S/c1-3-6-10-8-4-5-9(11-7-8)12-15(2,13)14/h3-5,7,10H,1,6H2,2H3,(H,11,12). The summed E-state index contributed by atoms with van der Waals surface area (Å²) in [6.07, 6.45) is 4.36. The number of nitrogens with one attached hydrogen (secondary N) is 2. The van der Waals surface area contributed by atoms with Gasteiger partial charge in [-0.05, 0) is 12.1 Å². The van der Waals surface area contributed by atoms with E-state index < -0.39 is 10.0 Å². The molecule has 1 heterocycles. The quantitative estimate of drug-likeness (QED) is 0.738. The van der Waals surface area contributed by atoms with E-state index in [0.29, 0.717) is 12.4 Å². The highest BCUT2D eigenvalue weighted by molar-refractivity contribution is 7.92. The van der Waals surface area contributed by atoms with Gasteiger partial charge in [-0.15, -0.1) is 6.58 Å². The zero-order chi connectivity index (χ0) is 11.3. The Balaban J connectivity index is 2.68. The van der Waals surface area contributed by atoms with Crippen molar-refractivity contribution < 1.29 is 8.42 Å². The average molecular weight is 227 g/mol. The Labute approximate surface area is 89.3 Å². The third-order valence-electron chi connectivity index (χ3n) is 1.50. The second-order valence-electron chi connectivity index (χ2n) is 2.98. The van der Waals surface area contributed by atoms with Crippen LogP contribution in [0.15, 0.2) is 31.0 Å². The Bertz CT molecular complexity index is 425. The summed E-state index contributed by atoms with van der Waals surface area (Å²) in [5, 5.41) is 3.03. The molecule has 0 bridgehead atoms. The molecule has 0 aliphatic carbocycles. The molecule has 15 heavy (non-hydrogen) atoms. The first-order valence-electron chi connectivity index (χ1n) is 4.30. The van der Waals surface area contributed by atoms with Gasteiger partial charge >= 0.3 is 0 Å². The third kappa shape index (κ3) is 4.46. The van der Waals surface area contributed by atoms with Gasteiger partial charge in [0.15, 0.2) is 0 Å². The van der Waals surface area contributed by atoms with E-state index in [2.05, 4.69) is 21.6 Å². The van der Waals surface area contributed by atoms with Gasteiger partial charge in [-0.3, -0.25) is 4.72 Å². The molecule has 0 fully saturated rings. The highest BCUT2D eigenvalue weighted by Gasteiger charge is 2.01. The monoisotopic (exact) mass is 227 g/mol. The summed E-state index contributed by atoms with van der Waals surface area (Å²) in [4.78, 5) is 3.93. The molecule has 0 aromatic carbocycles. The van der Waals surface area contributed by atoms with Crippen molar-refractivity contribution in [3.63, 3.8) is 0 Å². The maximum absolute atomic E-state index is 10.9. The van der Waals surface area contributed by atoms with Crippen molar-refractivity contribution in [3.8, 4) is 0 Å². The first-order valence-corrected chi connectivity index (χ1v) is 6.19. The number of anilines is 2. The zero-order valence-electron chi connectivity index (χ0n) is 8.40. The van der Waals surface area contributed by atoms with E-state index in [-0.39, 0.29) is 0 Å². The number of aromatic nitrogens is 1. The van der Waals surface area contributed by atoms with Crippen molar-refractivity contribution in [1.29, 1.82) is 0 Å². The lowest BCUT2D eigenvalue weighted by atomic mass is 10.4. The highest BCUT2D eigenvalue weighted by atomic mass is 32.2. The minimum absolute atomic E-state index is 0.307. The van der Waals surface area contributed by atoms with Crippen LogP contribution in [0.5, 0.6) is 0 Å². The number of sulfonamides is 1. The predicted molar refractivity (Wildman–Crippen MR) is 61.4 cm³/mol. The lowest BCUT2D eigenvalue weighted by molar-refractivity contribution is 0.606. The molecule has 1 aromatic heterocycles. The van der Waals surface area contributed by atoms with Crippen LogP contribution in [0.1, 0.15) is 0 Å². The second-order valence-corrected chi connectivity index (χ2v) is 4.72. The third-order valence-corrected chi connectivity index (χ3v) is 2.08. The molecule has 1 rings (SSSR count). The molecular weight excluding hydrogens is 214 g/mol. The van der Waals surface area contributed by atoms with Crippen LogP contribution in [0, 0.1) is 0 Å². The van der Waals surface area contributed by atoms with E-state index >= 15 is 0 Å². The summed E-state index contributed by atoms with van der Waals surface area (Å²) in [5.41, 5.74) is 0.814. The number of nitrogens with zero attached hydrogens (tertiary/aromatic N) is 1. The first-order chi connectivity index (χ1) is 7.01. The fourth-order valence-corrected chi connectivity index (χ4v) is 1.44. The fraction of sp³-hybridized carbons (Fsp3) is 0.222. The van der Waals surface area contributed by atoms with Crippen LogP contribution in [-0.4, -0.2) is 26.2 Å². The smallest absolute Gasteiger partial charge is 0.230 e. The minimum Gasteiger partial charge on any atom is -0.380 e. The van der Waals surface area contributed by atoms with Gasteiger partial charge in [0.1, 0.15) is 5.82 Å². The van der Waals surface area contributed by atoms with Crippen molar-refractivity contribution in [2.75, 3.05) is 22.8 Å². The topological polar surface area (TPSA) is 71.1 Å². The van der Waals surface area contributed by atoms with Gasteiger partial charge in [0.05, 0.1) is 18.1 Å². The average Bonchev–Trinajstić information content (AvgIpc) is 2.14. The Morgan fingerprint density at radius 1 is 1.53 bits per heavy atom. The van der Waals surface area contributed by atoms with Gasteiger partial charge in [0, 0.05) is 6.54 Å². The van der Waals surface area contributed by atoms with E-state index in [1.165, 1.54) is 0 Å². The number of hydrogen-bond donors (Lipinski definition) is 2. The van der Waals surface area contributed by atoms with Crippen molar-refractivity contribution in [2.24, 2.45) is 0 Å². The molecular formula is C9H13N3O2S. The Hall–Kier alpha value is -1.56. The highest BCUT2D eigenvalue weighted by Crippen LogP contribution is 2.09. The predicted octanol–water partition coefficient (Wildman–Crippen LogP) is 1.05. The SMILES string of the molecule is C=CCNc1ccc(NS(C)(=O)=O)nc1. The summed E-state index contributed by atoms with van der Waals surface area (Å²) >= 11 is 0. The van der Waals surface area contributed by atoms with Crippen molar-refractivity contribution in [3.05, 3.63) is 31.0 Å². The van der Waals surface area contributed by atoms with E-state index in [9.17, 15) is 8.42 Å². The lowest BCUT2D eigenvalue weighted by Crippen LogP contribution is -2.10. The van der Waals surface area contributed by atoms with Crippen molar-refractivity contribution >= 4 is 21.5 Å². The fourth-order valence-electron chi connectivity index (χ4n) is 0.939. The van der Waals surface area contributed by atoms with Crippen molar-refractivity contribution in [1.82, 2.24) is 4.98 Å². The molecule has 0 aliphatic rings. The van der Waals surface area contributed by atoms with Gasteiger partial charge < -0.3 is 5.32 Å². The molecule has 0 saturated carbocycles. The summed E-state index contributed by atoms with van der Waals surface area (Å²) in [7, 11) is -3.26. The normalized spacial score (nSPS) is 10.7. The molecule has 0 amide bonds. The van der Waals surface area contributed by atoms with E-state index in [1.807, 2.05) is 0 Å². The van der Waals surface area contributed by atoms with E-state index in [4.69, 9.17) is 0 Å². The summed E-state index contributed by atoms with van der Waals surface area (Å²) in [6.45, 7) is 4.21. The lowest BCUT2D eigenvalue weighted by Gasteiger charge is -2.05. The molecule has 0 saturated heterocycles. The van der Waals surface area contributed by atoms with E-state index in [1.54, 1.807) is 24.4 Å². The molecule has 1 aromatic rings. The Kier molecular flexibility index (Phi) is 3.68. The van der Waals surface area contributed by atoms with Crippen molar-refractivity contribution in [2.45, 2.75) is 0 Å². The minimum atomic E-state index is -3.26. The summed E-state index contributed by atoms with van der Waals surface area (Å²) < 4.78 is 24.0. The van der Waals surface area contributed by atoms with Crippen LogP contribution >= 0.6 is 0 Å². The first kappa shape index (κ1) is 11.5. The maximum atomic E-state index is 10.9. The van der Waals surface area contributed by atoms with Crippen LogP contribution < -0.4 is 10.0 Å². The van der Waals surface area contributed by atoms with Gasteiger partial charge in [0.2, 0.25) is 10.0 Å². The molecule has 0 aliphatic heterocycles. The molecule has 0 unspecified atom stereocenters. The van der Waals surface area contributed by atoms with Crippen LogP contribution in [0.4, 0.5) is 11.5 Å². The molecule has 6 heteroatoms. The molecule has 0 spiro atoms. The van der Waals surface area contributed by atoms with Crippen LogP contribution in [0.25, 0.3) is 0 Å². The largest absolute Gasteiger partial charge is 0.380 e. The number of hydrogen-bond acceptors (Lipinski definition) is 4. The van der Waals surface area contributed by atoms with Gasteiger partial charge in [0.25, 0.3) is 0 Å². The van der Waals surface area contributed by atoms with Gasteiger partial charge in [-0.2, -0.15) is 0 Å². The Morgan fingerprint density at radius 2 is 2.27 bits per heavy atom. The second kappa shape index (κ2) is 4.79. The number of pyridine rings is 1. The Morgan fingerprint density at radius 3 is 2.73 bits per heavy atom. The van der Waals surface area contributed by atoms with Crippen LogP contribution in [0.3, 0.4) is 0 Å². The summed E-state index contributed by atoms with van der Waals surface area (Å²) in [6, 6.07) is 3.33. The van der Waals surface area contributed by atoms with Gasteiger partial charge in [-0.25, -0.2) is 13.4 Å². The molecule has 82 valence electrons.